The average molecular weight is 317 g/mol. The highest BCUT2D eigenvalue weighted by Gasteiger charge is 2.28. The van der Waals surface area contributed by atoms with Crippen LogP contribution in [0.15, 0.2) is 18.2 Å². The highest BCUT2D eigenvalue weighted by Crippen LogP contribution is 2.25. The molecule has 0 aliphatic carbocycles. The Hall–Kier alpha value is -0.770. The SMILES string of the molecule is CCCC(C)(N)C(=O)NC(C)Cc1c(Cl)cccc1Cl. The number of hydrogen-bond donors (Lipinski definition) is 2. The van der Waals surface area contributed by atoms with Crippen molar-refractivity contribution < 1.29 is 4.79 Å². The first-order valence-electron chi connectivity index (χ1n) is 6.80. The summed E-state index contributed by atoms with van der Waals surface area (Å²) in [5.74, 6) is -0.143. The van der Waals surface area contributed by atoms with Gasteiger partial charge in [-0.05, 0) is 44.4 Å². The standard InChI is InChI=1S/C15H22Cl2N2O/c1-4-8-15(3,18)14(20)19-10(2)9-11-12(16)6-5-7-13(11)17/h5-7,10H,4,8-9,18H2,1-3H3,(H,19,20). The Kier molecular flexibility index (Phi) is 6.31. The van der Waals surface area contributed by atoms with Crippen LogP contribution in [0.25, 0.3) is 0 Å². The second kappa shape index (κ2) is 7.30. The van der Waals surface area contributed by atoms with Gasteiger partial charge in [0, 0.05) is 16.1 Å². The van der Waals surface area contributed by atoms with Gasteiger partial charge in [-0.1, -0.05) is 42.6 Å². The van der Waals surface area contributed by atoms with Crippen LogP contribution in [0.1, 0.15) is 39.2 Å². The number of rotatable bonds is 6. The van der Waals surface area contributed by atoms with Crippen molar-refractivity contribution in [3.63, 3.8) is 0 Å². The number of benzene rings is 1. The molecular weight excluding hydrogens is 295 g/mol. The first-order chi connectivity index (χ1) is 9.27. The third-order valence-corrected chi connectivity index (χ3v) is 3.95. The summed E-state index contributed by atoms with van der Waals surface area (Å²) in [6.45, 7) is 5.67. The summed E-state index contributed by atoms with van der Waals surface area (Å²) in [5, 5.41) is 4.15. The molecule has 0 spiro atoms. The Balaban J connectivity index is 2.69. The topological polar surface area (TPSA) is 55.1 Å². The molecule has 2 unspecified atom stereocenters. The van der Waals surface area contributed by atoms with E-state index in [1.165, 1.54) is 0 Å². The van der Waals surface area contributed by atoms with Crippen molar-refractivity contribution in [1.82, 2.24) is 5.32 Å². The third kappa shape index (κ3) is 4.65. The fraction of sp³-hybridized carbons (Fsp3) is 0.533. The molecule has 1 rings (SSSR count). The smallest absolute Gasteiger partial charge is 0.240 e. The van der Waals surface area contributed by atoms with Gasteiger partial charge in [-0.2, -0.15) is 0 Å². The lowest BCUT2D eigenvalue weighted by atomic mass is 9.95. The van der Waals surface area contributed by atoms with Gasteiger partial charge in [-0.3, -0.25) is 4.79 Å². The number of halogens is 2. The van der Waals surface area contributed by atoms with E-state index >= 15 is 0 Å². The molecule has 3 N–H and O–H groups in total. The van der Waals surface area contributed by atoms with Gasteiger partial charge in [0.1, 0.15) is 0 Å². The first-order valence-corrected chi connectivity index (χ1v) is 7.56. The summed E-state index contributed by atoms with van der Waals surface area (Å²) >= 11 is 12.3. The molecule has 5 heteroatoms. The molecule has 0 saturated carbocycles. The summed E-state index contributed by atoms with van der Waals surface area (Å²) in [6.07, 6.45) is 2.09. The molecule has 0 bridgehead atoms. The summed E-state index contributed by atoms with van der Waals surface area (Å²) in [7, 11) is 0. The zero-order valence-electron chi connectivity index (χ0n) is 12.2. The zero-order valence-corrected chi connectivity index (χ0v) is 13.7. The number of amides is 1. The molecule has 0 heterocycles. The van der Waals surface area contributed by atoms with E-state index in [-0.39, 0.29) is 11.9 Å². The number of carbonyl (C=O) groups is 1. The lowest BCUT2D eigenvalue weighted by molar-refractivity contribution is -0.126. The predicted molar refractivity (Wildman–Crippen MR) is 85.3 cm³/mol. The summed E-state index contributed by atoms with van der Waals surface area (Å²) in [6, 6.07) is 5.30. The Bertz CT molecular complexity index is 455. The van der Waals surface area contributed by atoms with Crippen LogP contribution in [0.2, 0.25) is 10.0 Å². The van der Waals surface area contributed by atoms with Gasteiger partial charge in [0.2, 0.25) is 5.91 Å². The average Bonchev–Trinajstić information content (AvgIpc) is 2.34. The van der Waals surface area contributed by atoms with E-state index in [0.717, 1.165) is 12.0 Å². The lowest BCUT2D eigenvalue weighted by Gasteiger charge is -2.25. The van der Waals surface area contributed by atoms with Crippen LogP contribution < -0.4 is 11.1 Å². The molecule has 0 aromatic heterocycles. The van der Waals surface area contributed by atoms with Gasteiger partial charge in [-0.25, -0.2) is 0 Å². The van der Waals surface area contributed by atoms with Crippen LogP contribution in [-0.4, -0.2) is 17.5 Å². The monoisotopic (exact) mass is 316 g/mol. The van der Waals surface area contributed by atoms with E-state index in [0.29, 0.717) is 22.9 Å². The summed E-state index contributed by atoms with van der Waals surface area (Å²) < 4.78 is 0. The van der Waals surface area contributed by atoms with Crippen molar-refractivity contribution in [2.24, 2.45) is 5.73 Å². The highest BCUT2D eigenvalue weighted by atomic mass is 35.5. The van der Waals surface area contributed by atoms with Gasteiger partial charge in [0.25, 0.3) is 0 Å². The van der Waals surface area contributed by atoms with Crippen LogP contribution >= 0.6 is 23.2 Å². The van der Waals surface area contributed by atoms with Crippen LogP contribution in [-0.2, 0) is 11.2 Å². The van der Waals surface area contributed by atoms with Crippen molar-refractivity contribution in [3.8, 4) is 0 Å². The van der Waals surface area contributed by atoms with E-state index in [1.807, 2.05) is 13.8 Å². The largest absolute Gasteiger partial charge is 0.352 e. The predicted octanol–water partition coefficient (Wildman–Crippen LogP) is 3.56. The molecule has 1 aromatic carbocycles. The minimum Gasteiger partial charge on any atom is -0.352 e. The first kappa shape index (κ1) is 17.3. The number of nitrogens with two attached hydrogens (primary N) is 1. The van der Waals surface area contributed by atoms with Crippen LogP contribution in [0.4, 0.5) is 0 Å². The summed E-state index contributed by atoms with van der Waals surface area (Å²) in [5.41, 5.74) is 6.01. The van der Waals surface area contributed by atoms with Crippen LogP contribution in [0, 0.1) is 0 Å². The van der Waals surface area contributed by atoms with Crippen molar-refractivity contribution >= 4 is 29.1 Å². The maximum atomic E-state index is 12.1. The number of carbonyl (C=O) groups excluding carboxylic acids is 1. The van der Waals surface area contributed by atoms with Gasteiger partial charge in [-0.15, -0.1) is 0 Å². The van der Waals surface area contributed by atoms with Crippen molar-refractivity contribution in [1.29, 1.82) is 0 Å². The van der Waals surface area contributed by atoms with E-state index in [2.05, 4.69) is 5.32 Å². The summed E-state index contributed by atoms with van der Waals surface area (Å²) in [4.78, 5) is 12.1. The minimum absolute atomic E-state index is 0.0837. The van der Waals surface area contributed by atoms with Crippen molar-refractivity contribution in [3.05, 3.63) is 33.8 Å². The van der Waals surface area contributed by atoms with Gasteiger partial charge in [0.05, 0.1) is 5.54 Å². The van der Waals surface area contributed by atoms with Gasteiger partial charge >= 0.3 is 0 Å². The van der Waals surface area contributed by atoms with E-state index in [4.69, 9.17) is 28.9 Å². The van der Waals surface area contributed by atoms with Crippen LogP contribution in [0.5, 0.6) is 0 Å². The highest BCUT2D eigenvalue weighted by molar-refractivity contribution is 6.36. The van der Waals surface area contributed by atoms with Gasteiger partial charge in [0.15, 0.2) is 0 Å². The van der Waals surface area contributed by atoms with Crippen molar-refractivity contribution in [2.45, 2.75) is 51.6 Å². The van der Waals surface area contributed by atoms with E-state index in [1.54, 1.807) is 25.1 Å². The maximum absolute atomic E-state index is 12.1. The normalized spacial score (nSPS) is 15.5. The molecule has 2 atom stereocenters. The molecular formula is C15H22Cl2N2O. The minimum atomic E-state index is -0.840. The van der Waals surface area contributed by atoms with Gasteiger partial charge < -0.3 is 11.1 Å². The molecule has 20 heavy (non-hydrogen) atoms. The quantitative estimate of drug-likeness (QED) is 0.843. The molecule has 112 valence electrons. The zero-order chi connectivity index (χ0) is 15.3. The van der Waals surface area contributed by atoms with Crippen LogP contribution in [0.3, 0.4) is 0 Å². The second-order valence-electron chi connectivity index (χ2n) is 5.45. The molecule has 0 radical (unpaired) electrons. The molecule has 0 saturated heterocycles. The third-order valence-electron chi connectivity index (χ3n) is 3.24. The fourth-order valence-electron chi connectivity index (χ4n) is 2.11. The maximum Gasteiger partial charge on any atom is 0.240 e. The Labute approximate surface area is 130 Å². The second-order valence-corrected chi connectivity index (χ2v) is 6.26. The molecule has 3 nitrogen and oxygen atoms in total. The molecule has 1 aromatic rings. The molecule has 0 aliphatic heterocycles. The van der Waals surface area contributed by atoms with E-state index in [9.17, 15) is 4.79 Å². The van der Waals surface area contributed by atoms with E-state index < -0.39 is 5.54 Å². The molecule has 0 aliphatic rings. The lowest BCUT2D eigenvalue weighted by Crippen LogP contribution is -2.53. The van der Waals surface area contributed by atoms with Crippen molar-refractivity contribution in [2.75, 3.05) is 0 Å². The Morgan fingerprint density at radius 1 is 1.40 bits per heavy atom. The fourth-order valence-corrected chi connectivity index (χ4v) is 2.66. The number of hydrogen-bond acceptors (Lipinski definition) is 2. The molecule has 0 fully saturated rings. The Morgan fingerprint density at radius 2 is 1.95 bits per heavy atom. The Morgan fingerprint density at radius 3 is 2.45 bits per heavy atom. The molecule has 1 amide bonds. The number of nitrogens with one attached hydrogen (secondary N) is 1.